The molecule has 0 aromatic carbocycles. The molecule has 0 saturated heterocycles. The Hall–Kier alpha value is -1.17. The maximum absolute atomic E-state index is 11.5. The van der Waals surface area contributed by atoms with Gasteiger partial charge in [0.1, 0.15) is 0 Å². The number of carbonyl (C=O) groups excluding carboxylic acids is 1. The first-order valence-electron chi connectivity index (χ1n) is 6.25. The molecule has 1 rings (SSSR count). The van der Waals surface area contributed by atoms with Crippen molar-refractivity contribution >= 4 is 17.8 Å². The van der Waals surface area contributed by atoms with Crippen molar-refractivity contribution in [2.75, 3.05) is 12.8 Å². The van der Waals surface area contributed by atoms with E-state index < -0.39 is 0 Å². The van der Waals surface area contributed by atoms with Gasteiger partial charge in [-0.05, 0) is 12.7 Å². The second-order valence-electron chi connectivity index (χ2n) is 4.11. The van der Waals surface area contributed by atoms with Crippen molar-refractivity contribution in [1.82, 2.24) is 20.2 Å². The van der Waals surface area contributed by atoms with E-state index in [1.165, 1.54) is 0 Å². The van der Waals surface area contributed by atoms with Gasteiger partial charge in [0.2, 0.25) is 0 Å². The lowest BCUT2D eigenvalue weighted by Gasteiger charge is -2.08. The molecule has 0 aliphatic heterocycles. The number of aromatic nitrogens is 2. The largest absolute Gasteiger partial charge is 0.338 e. The number of imidazole rings is 1. The molecular formula is C12H22N4OS. The zero-order valence-corrected chi connectivity index (χ0v) is 12.1. The SMILES string of the molecule is CCCCCNC(=O)NCc1cnc(SC)n1C. The van der Waals surface area contributed by atoms with Crippen molar-refractivity contribution in [1.29, 1.82) is 0 Å². The summed E-state index contributed by atoms with van der Waals surface area (Å²) < 4.78 is 1.99. The highest BCUT2D eigenvalue weighted by Crippen LogP contribution is 2.13. The van der Waals surface area contributed by atoms with Crippen molar-refractivity contribution in [3.8, 4) is 0 Å². The van der Waals surface area contributed by atoms with E-state index in [1.807, 2.05) is 17.9 Å². The van der Waals surface area contributed by atoms with E-state index in [0.29, 0.717) is 6.54 Å². The molecule has 2 N–H and O–H groups in total. The summed E-state index contributed by atoms with van der Waals surface area (Å²) >= 11 is 1.59. The van der Waals surface area contributed by atoms with Gasteiger partial charge in [-0.3, -0.25) is 0 Å². The quantitative estimate of drug-likeness (QED) is 0.589. The molecule has 2 amide bonds. The molecule has 18 heavy (non-hydrogen) atoms. The second kappa shape index (κ2) is 8.02. The van der Waals surface area contributed by atoms with Gasteiger partial charge < -0.3 is 15.2 Å². The van der Waals surface area contributed by atoms with Crippen LogP contribution in [0.2, 0.25) is 0 Å². The fourth-order valence-electron chi connectivity index (χ4n) is 1.59. The summed E-state index contributed by atoms with van der Waals surface area (Å²) in [5.41, 5.74) is 1.00. The first-order chi connectivity index (χ1) is 8.69. The minimum atomic E-state index is -0.113. The fraction of sp³-hybridized carbons (Fsp3) is 0.667. The Morgan fingerprint density at radius 1 is 1.44 bits per heavy atom. The summed E-state index contributed by atoms with van der Waals surface area (Å²) in [6.07, 6.45) is 7.13. The monoisotopic (exact) mass is 270 g/mol. The van der Waals surface area contributed by atoms with Gasteiger partial charge in [0, 0.05) is 13.6 Å². The van der Waals surface area contributed by atoms with Crippen molar-refractivity contribution in [3.63, 3.8) is 0 Å². The molecule has 0 aliphatic rings. The van der Waals surface area contributed by atoms with Crippen molar-refractivity contribution in [2.45, 2.75) is 37.9 Å². The summed E-state index contributed by atoms with van der Waals surface area (Å²) in [6, 6.07) is -0.113. The van der Waals surface area contributed by atoms with Crippen LogP contribution in [0.5, 0.6) is 0 Å². The van der Waals surface area contributed by atoms with Gasteiger partial charge in [0.05, 0.1) is 18.4 Å². The lowest BCUT2D eigenvalue weighted by molar-refractivity contribution is 0.240. The second-order valence-corrected chi connectivity index (χ2v) is 4.89. The van der Waals surface area contributed by atoms with E-state index in [4.69, 9.17) is 0 Å². The van der Waals surface area contributed by atoms with Crippen LogP contribution in [0.4, 0.5) is 4.79 Å². The molecule has 1 aromatic heterocycles. The third-order valence-electron chi connectivity index (χ3n) is 2.72. The van der Waals surface area contributed by atoms with Crippen LogP contribution >= 0.6 is 11.8 Å². The Kier molecular flexibility index (Phi) is 6.64. The number of carbonyl (C=O) groups is 1. The summed E-state index contributed by atoms with van der Waals surface area (Å²) in [7, 11) is 1.95. The number of nitrogens with zero attached hydrogens (tertiary/aromatic N) is 2. The molecule has 0 saturated carbocycles. The lowest BCUT2D eigenvalue weighted by Crippen LogP contribution is -2.35. The van der Waals surface area contributed by atoms with Crippen LogP contribution in [0.15, 0.2) is 11.4 Å². The molecule has 0 spiro atoms. The zero-order chi connectivity index (χ0) is 13.4. The highest BCUT2D eigenvalue weighted by molar-refractivity contribution is 7.98. The van der Waals surface area contributed by atoms with Gasteiger partial charge in [-0.2, -0.15) is 0 Å². The minimum Gasteiger partial charge on any atom is -0.338 e. The van der Waals surface area contributed by atoms with Crippen molar-refractivity contribution in [3.05, 3.63) is 11.9 Å². The zero-order valence-electron chi connectivity index (χ0n) is 11.3. The topological polar surface area (TPSA) is 59.0 Å². The minimum absolute atomic E-state index is 0.113. The molecule has 0 atom stereocenters. The predicted molar refractivity (Wildman–Crippen MR) is 74.8 cm³/mol. The van der Waals surface area contributed by atoms with E-state index in [2.05, 4.69) is 22.5 Å². The Labute approximate surface area is 113 Å². The molecule has 1 heterocycles. The Balaban J connectivity index is 2.27. The number of hydrogen-bond acceptors (Lipinski definition) is 3. The average Bonchev–Trinajstić information content (AvgIpc) is 2.73. The third-order valence-corrected chi connectivity index (χ3v) is 3.46. The van der Waals surface area contributed by atoms with Gasteiger partial charge in [0.25, 0.3) is 0 Å². The summed E-state index contributed by atoms with van der Waals surface area (Å²) in [5, 5.41) is 6.63. The number of hydrogen-bond donors (Lipinski definition) is 2. The molecule has 6 heteroatoms. The summed E-state index contributed by atoms with van der Waals surface area (Å²) in [6.45, 7) is 3.39. The van der Waals surface area contributed by atoms with Crippen LogP contribution in [-0.4, -0.2) is 28.4 Å². The fourth-order valence-corrected chi connectivity index (χ4v) is 2.14. The first-order valence-corrected chi connectivity index (χ1v) is 7.47. The van der Waals surface area contributed by atoms with Gasteiger partial charge in [0.15, 0.2) is 5.16 Å². The molecule has 0 aliphatic carbocycles. The molecule has 0 bridgehead atoms. The van der Waals surface area contributed by atoms with Crippen LogP contribution in [0, 0.1) is 0 Å². The molecule has 5 nitrogen and oxygen atoms in total. The van der Waals surface area contributed by atoms with E-state index in [9.17, 15) is 4.79 Å². The van der Waals surface area contributed by atoms with Gasteiger partial charge >= 0.3 is 6.03 Å². The first kappa shape index (κ1) is 14.9. The Bertz CT molecular complexity index is 378. The maximum Gasteiger partial charge on any atom is 0.315 e. The molecule has 0 unspecified atom stereocenters. The van der Waals surface area contributed by atoms with E-state index in [0.717, 1.165) is 36.7 Å². The highest BCUT2D eigenvalue weighted by Gasteiger charge is 2.06. The smallest absolute Gasteiger partial charge is 0.315 e. The van der Waals surface area contributed by atoms with Crippen molar-refractivity contribution in [2.24, 2.45) is 7.05 Å². The number of unbranched alkanes of at least 4 members (excludes halogenated alkanes) is 2. The average molecular weight is 270 g/mol. The number of urea groups is 1. The molecule has 102 valence electrons. The van der Waals surface area contributed by atoms with Crippen LogP contribution < -0.4 is 10.6 Å². The molecule has 0 fully saturated rings. The lowest BCUT2D eigenvalue weighted by atomic mass is 10.2. The molecular weight excluding hydrogens is 248 g/mol. The number of nitrogens with one attached hydrogen (secondary N) is 2. The normalized spacial score (nSPS) is 10.4. The van der Waals surface area contributed by atoms with Crippen LogP contribution in [0.25, 0.3) is 0 Å². The number of thioether (sulfide) groups is 1. The molecule has 0 radical (unpaired) electrons. The van der Waals surface area contributed by atoms with Gasteiger partial charge in [-0.1, -0.05) is 31.5 Å². The summed E-state index contributed by atoms with van der Waals surface area (Å²) in [4.78, 5) is 15.8. The summed E-state index contributed by atoms with van der Waals surface area (Å²) in [5.74, 6) is 0. The standard InChI is InChI=1S/C12H22N4OS/c1-4-5-6-7-13-11(17)14-8-10-9-15-12(18-3)16(10)2/h9H,4-8H2,1-3H3,(H2,13,14,17). The van der Waals surface area contributed by atoms with E-state index in [1.54, 1.807) is 18.0 Å². The highest BCUT2D eigenvalue weighted by atomic mass is 32.2. The molecule has 1 aromatic rings. The van der Waals surface area contributed by atoms with Crippen LogP contribution in [0.3, 0.4) is 0 Å². The Morgan fingerprint density at radius 2 is 2.22 bits per heavy atom. The maximum atomic E-state index is 11.5. The predicted octanol–water partition coefficient (Wildman–Crippen LogP) is 2.13. The van der Waals surface area contributed by atoms with Gasteiger partial charge in [-0.15, -0.1) is 0 Å². The van der Waals surface area contributed by atoms with E-state index >= 15 is 0 Å². The number of rotatable bonds is 7. The van der Waals surface area contributed by atoms with Crippen molar-refractivity contribution < 1.29 is 4.79 Å². The van der Waals surface area contributed by atoms with E-state index in [-0.39, 0.29) is 6.03 Å². The van der Waals surface area contributed by atoms with Crippen LogP contribution in [-0.2, 0) is 13.6 Å². The van der Waals surface area contributed by atoms with Gasteiger partial charge in [-0.25, -0.2) is 9.78 Å². The van der Waals surface area contributed by atoms with Crippen LogP contribution in [0.1, 0.15) is 31.9 Å². The number of amides is 2. The third kappa shape index (κ3) is 4.60. The Morgan fingerprint density at radius 3 is 2.83 bits per heavy atom.